The average molecular weight is 273 g/mol. The van der Waals surface area contributed by atoms with E-state index in [-0.39, 0.29) is 6.42 Å². The molecule has 0 spiro atoms. The Balaban J connectivity index is 2.39. The third-order valence-electron chi connectivity index (χ3n) is 3.32. The number of aryl methyl sites for hydroxylation is 5. The molecule has 0 fully saturated rings. The maximum atomic E-state index is 10.6. The number of carbonyl (C=O) groups is 1. The summed E-state index contributed by atoms with van der Waals surface area (Å²) in [5.41, 5.74) is 4.52. The van der Waals surface area contributed by atoms with E-state index in [4.69, 9.17) is 5.11 Å². The van der Waals surface area contributed by atoms with E-state index in [1.807, 2.05) is 13.8 Å². The fourth-order valence-electron chi connectivity index (χ4n) is 2.49. The molecule has 2 aromatic rings. The topological polar surface area (TPSA) is 68.0 Å². The van der Waals surface area contributed by atoms with E-state index in [0.717, 1.165) is 16.7 Å². The van der Waals surface area contributed by atoms with E-state index < -0.39 is 5.97 Å². The van der Waals surface area contributed by atoms with Crippen LogP contribution in [0.4, 0.5) is 0 Å². The summed E-state index contributed by atoms with van der Waals surface area (Å²) in [5, 5.41) is 13.2. The van der Waals surface area contributed by atoms with Crippen LogP contribution in [-0.2, 0) is 18.3 Å². The molecule has 0 aliphatic carbocycles. The molecule has 0 aliphatic rings. The van der Waals surface area contributed by atoms with Crippen LogP contribution in [0.15, 0.2) is 12.1 Å². The van der Waals surface area contributed by atoms with Gasteiger partial charge in [-0.25, -0.2) is 4.98 Å². The van der Waals surface area contributed by atoms with Crippen LogP contribution in [0, 0.1) is 20.8 Å². The molecule has 1 aromatic carbocycles. The van der Waals surface area contributed by atoms with E-state index in [1.54, 1.807) is 11.7 Å². The van der Waals surface area contributed by atoms with Crippen molar-refractivity contribution < 1.29 is 9.90 Å². The lowest BCUT2D eigenvalue weighted by Crippen LogP contribution is -2.03. The molecular weight excluding hydrogens is 254 g/mol. The largest absolute Gasteiger partial charge is 0.481 e. The summed E-state index contributed by atoms with van der Waals surface area (Å²) < 4.78 is 1.66. The van der Waals surface area contributed by atoms with Gasteiger partial charge in [0.25, 0.3) is 0 Å². The highest BCUT2D eigenvalue weighted by atomic mass is 16.4. The van der Waals surface area contributed by atoms with Crippen molar-refractivity contribution in [3.63, 3.8) is 0 Å². The molecule has 20 heavy (non-hydrogen) atoms. The normalized spacial score (nSPS) is 10.8. The number of hydrogen-bond donors (Lipinski definition) is 1. The predicted octanol–water partition coefficient (Wildman–Crippen LogP) is 2.42. The molecule has 106 valence electrons. The average Bonchev–Trinajstić information content (AvgIpc) is 2.66. The first kappa shape index (κ1) is 14.2. The van der Waals surface area contributed by atoms with Crippen LogP contribution in [0.25, 0.3) is 11.4 Å². The highest BCUT2D eigenvalue weighted by molar-refractivity contribution is 5.67. The standard InChI is InChI=1S/C15H19N3O2/c1-9-7-10(2)14(11(3)8-9)15-16-12(18(4)17-15)5-6-13(19)20/h7-8H,5-6H2,1-4H3,(H,19,20). The summed E-state index contributed by atoms with van der Waals surface area (Å²) in [6, 6.07) is 4.21. The minimum atomic E-state index is -0.822. The zero-order chi connectivity index (χ0) is 14.9. The first-order valence-corrected chi connectivity index (χ1v) is 6.58. The van der Waals surface area contributed by atoms with Gasteiger partial charge in [0.2, 0.25) is 0 Å². The van der Waals surface area contributed by atoms with Crippen LogP contribution >= 0.6 is 0 Å². The predicted molar refractivity (Wildman–Crippen MR) is 76.6 cm³/mol. The maximum Gasteiger partial charge on any atom is 0.303 e. The van der Waals surface area contributed by atoms with E-state index in [1.165, 1.54) is 5.56 Å². The molecule has 1 N–H and O–H groups in total. The molecule has 1 heterocycles. The molecule has 0 amide bonds. The van der Waals surface area contributed by atoms with Crippen LogP contribution in [0.2, 0.25) is 0 Å². The van der Waals surface area contributed by atoms with Gasteiger partial charge in [0.15, 0.2) is 5.82 Å². The number of benzene rings is 1. The number of carboxylic acid groups (broad SMARTS) is 1. The molecule has 0 saturated heterocycles. The highest BCUT2D eigenvalue weighted by Gasteiger charge is 2.14. The monoisotopic (exact) mass is 273 g/mol. The lowest BCUT2D eigenvalue weighted by atomic mass is 9.99. The smallest absolute Gasteiger partial charge is 0.303 e. The second kappa shape index (κ2) is 5.45. The van der Waals surface area contributed by atoms with Crippen molar-refractivity contribution in [1.82, 2.24) is 14.8 Å². The van der Waals surface area contributed by atoms with Gasteiger partial charge in [-0.2, -0.15) is 5.10 Å². The molecule has 1 aromatic heterocycles. The summed E-state index contributed by atoms with van der Waals surface area (Å²) in [7, 11) is 1.80. The van der Waals surface area contributed by atoms with Crippen molar-refractivity contribution in [3.8, 4) is 11.4 Å². The van der Waals surface area contributed by atoms with Gasteiger partial charge in [-0.05, 0) is 31.9 Å². The van der Waals surface area contributed by atoms with Crippen molar-refractivity contribution in [1.29, 1.82) is 0 Å². The first-order valence-electron chi connectivity index (χ1n) is 6.58. The molecule has 5 heteroatoms. The van der Waals surface area contributed by atoms with Gasteiger partial charge in [0, 0.05) is 19.0 Å². The van der Waals surface area contributed by atoms with Crippen LogP contribution < -0.4 is 0 Å². The van der Waals surface area contributed by atoms with E-state index >= 15 is 0 Å². The number of aliphatic carboxylic acids is 1. The van der Waals surface area contributed by atoms with Gasteiger partial charge in [0.1, 0.15) is 5.82 Å². The van der Waals surface area contributed by atoms with Gasteiger partial charge >= 0.3 is 5.97 Å². The lowest BCUT2D eigenvalue weighted by molar-refractivity contribution is -0.137. The third kappa shape index (κ3) is 2.87. The molecule has 0 radical (unpaired) electrons. The Morgan fingerprint density at radius 3 is 2.40 bits per heavy atom. The highest BCUT2D eigenvalue weighted by Crippen LogP contribution is 2.26. The molecule has 0 aliphatic heterocycles. The lowest BCUT2D eigenvalue weighted by Gasteiger charge is -2.07. The Kier molecular flexibility index (Phi) is 3.88. The minimum Gasteiger partial charge on any atom is -0.481 e. The zero-order valence-electron chi connectivity index (χ0n) is 12.3. The minimum absolute atomic E-state index is 0.0673. The van der Waals surface area contributed by atoms with Crippen molar-refractivity contribution in [2.24, 2.45) is 7.05 Å². The molecule has 0 atom stereocenters. The second-order valence-corrected chi connectivity index (χ2v) is 5.14. The zero-order valence-corrected chi connectivity index (χ0v) is 12.3. The molecule has 0 bridgehead atoms. The summed E-state index contributed by atoms with van der Waals surface area (Å²) in [5.74, 6) is 0.543. The Bertz CT molecular complexity index is 636. The number of nitrogens with zero attached hydrogens (tertiary/aromatic N) is 3. The Hall–Kier alpha value is -2.17. The summed E-state index contributed by atoms with van der Waals surface area (Å²) in [6.07, 6.45) is 0.459. The number of carboxylic acids is 1. The van der Waals surface area contributed by atoms with Crippen LogP contribution in [0.1, 0.15) is 28.9 Å². The first-order chi connectivity index (χ1) is 9.38. The molecule has 0 saturated carbocycles. The van der Waals surface area contributed by atoms with Crippen LogP contribution in [0.3, 0.4) is 0 Å². The summed E-state index contributed by atoms with van der Waals surface area (Å²) in [6.45, 7) is 6.15. The van der Waals surface area contributed by atoms with Gasteiger partial charge < -0.3 is 5.11 Å². The van der Waals surface area contributed by atoms with E-state index in [9.17, 15) is 4.79 Å². The van der Waals surface area contributed by atoms with Crippen molar-refractivity contribution >= 4 is 5.97 Å². The number of aromatic nitrogens is 3. The van der Waals surface area contributed by atoms with Crippen molar-refractivity contribution in [2.75, 3.05) is 0 Å². The van der Waals surface area contributed by atoms with E-state index in [2.05, 4.69) is 29.1 Å². The van der Waals surface area contributed by atoms with Gasteiger partial charge in [-0.3, -0.25) is 9.48 Å². The second-order valence-electron chi connectivity index (χ2n) is 5.14. The molecule has 2 rings (SSSR count). The van der Waals surface area contributed by atoms with Crippen molar-refractivity contribution in [3.05, 3.63) is 34.6 Å². The Morgan fingerprint density at radius 2 is 1.85 bits per heavy atom. The Morgan fingerprint density at radius 1 is 1.25 bits per heavy atom. The fraction of sp³-hybridized carbons (Fsp3) is 0.400. The Labute approximate surface area is 118 Å². The van der Waals surface area contributed by atoms with Crippen LogP contribution in [-0.4, -0.2) is 25.8 Å². The molecule has 5 nitrogen and oxygen atoms in total. The number of hydrogen-bond acceptors (Lipinski definition) is 3. The number of rotatable bonds is 4. The van der Waals surface area contributed by atoms with Crippen molar-refractivity contribution in [2.45, 2.75) is 33.6 Å². The third-order valence-corrected chi connectivity index (χ3v) is 3.32. The quantitative estimate of drug-likeness (QED) is 0.929. The van der Waals surface area contributed by atoms with Crippen LogP contribution in [0.5, 0.6) is 0 Å². The fourth-order valence-corrected chi connectivity index (χ4v) is 2.49. The summed E-state index contributed by atoms with van der Waals surface area (Å²) in [4.78, 5) is 15.1. The van der Waals surface area contributed by atoms with Gasteiger partial charge in [0.05, 0.1) is 6.42 Å². The van der Waals surface area contributed by atoms with Gasteiger partial charge in [-0.15, -0.1) is 0 Å². The maximum absolute atomic E-state index is 10.6. The summed E-state index contributed by atoms with van der Waals surface area (Å²) >= 11 is 0. The molecular formula is C15H19N3O2. The molecule has 0 unspecified atom stereocenters. The van der Waals surface area contributed by atoms with E-state index in [0.29, 0.717) is 18.1 Å². The van der Waals surface area contributed by atoms with Gasteiger partial charge in [-0.1, -0.05) is 17.7 Å². The SMILES string of the molecule is Cc1cc(C)c(-c2nc(CCC(=O)O)n(C)n2)c(C)c1.